The summed E-state index contributed by atoms with van der Waals surface area (Å²) in [6, 6.07) is 6.44. The molecule has 1 saturated heterocycles. The van der Waals surface area contributed by atoms with Crippen LogP contribution < -0.4 is 0 Å². The van der Waals surface area contributed by atoms with Crippen LogP contribution in [0.1, 0.15) is 42.6 Å². The van der Waals surface area contributed by atoms with Gasteiger partial charge in [0.25, 0.3) is 0 Å². The number of morpholine rings is 1. The smallest absolute Gasteiger partial charge is 0.233 e. The second kappa shape index (κ2) is 6.22. The molecule has 6 nitrogen and oxygen atoms in total. The van der Waals surface area contributed by atoms with Gasteiger partial charge in [0.15, 0.2) is 5.82 Å². The zero-order chi connectivity index (χ0) is 17.4. The molecule has 0 spiro atoms. The average Bonchev–Trinajstić information content (AvgIpc) is 3.01. The molecule has 2 aromatic rings. The lowest BCUT2D eigenvalue weighted by Gasteiger charge is -2.45. The largest absolute Gasteiger partial charge is 0.366 e. The molecule has 1 aromatic heterocycles. The van der Waals surface area contributed by atoms with Crippen LogP contribution in [-0.4, -0.2) is 45.7 Å². The number of benzene rings is 1. The first kappa shape index (κ1) is 16.2. The monoisotopic (exact) mass is 344 g/mol. The molecular weight excluding hydrogens is 323 g/mol. The summed E-state index contributed by atoms with van der Waals surface area (Å²) in [6.07, 6.45) is 2.18. The normalized spacial score (nSPS) is 22.5. The number of nitrogens with zero attached hydrogens (tertiary/aromatic N) is 3. The Labute approximate surface area is 145 Å². The highest BCUT2D eigenvalue weighted by Gasteiger charge is 2.48. The van der Waals surface area contributed by atoms with E-state index in [0.29, 0.717) is 25.5 Å². The summed E-state index contributed by atoms with van der Waals surface area (Å²) in [5.41, 5.74) is 0.180. The van der Waals surface area contributed by atoms with E-state index in [1.807, 2.05) is 17.9 Å². The standard InChI is InChI=1S/C18H21FN4O2/c1-12-20-16(22-21-12)15-11-23(8-9-25-15)17(24)18(6-3-7-18)13-4-2-5-14(19)10-13/h2,4-5,10,15H,3,6-9,11H2,1H3,(H,20,21,22). The molecule has 2 aliphatic rings. The number of aryl methyl sites for hydroxylation is 1. The number of amides is 1. The van der Waals surface area contributed by atoms with E-state index in [0.717, 1.165) is 30.7 Å². The maximum Gasteiger partial charge on any atom is 0.233 e. The third-order valence-corrected chi connectivity index (χ3v) is 5.25. The molecule has 7 heteroatoms. The van der Waals surface area contributed by atoms with Gasteiger partial charge in [0, 0.05) is 6.54 Å². The Morgan fingerprint density at radius 2 is 2.28 bits per heavy atom. The minimum Gasteiger partial charge on any atom is -0.366 e. The Morgan fingerprint density at radius 3 is 2.92 bits per heavy atom. The first-order valence-electron chi connectivity index (χ1n) is 8.64. The van der Waals surface area contributed by atoms with E-state index < -0.39 is 5.41 Å². The molecule has 1 unspecified atom stereocenters. The van der Waals surface area contributed by atoms with Crippen molar-refractivity contribution >= 4 is 5.91 Å². The van der Waals surface area contributed by atoms with Gasteiger partial charge in [-0.1, -0.05) is 18.6 Å². The molecule has 1 aliphatic heterocycles. The minimum absolute atomic E-state index is 0.0601. The van der Waals surface area contributed by atoms with Crippen molar-refractivity contribution in [1.29, 1.82) is 0 Å². The van der Waals surface area contributed by atoms with E-state index in [-0.39, 0.29) is 17.8 Å². The molecule has 1 amide bonds. The van der Waals surface area contributed by atoms with Gasteiger partial charge >= 0.3 is 0 Å². The van der Waals surface area contributed by atoms with Crippen molar-refractivity contribution in [3.63, 3.8) is 0 Å². The van der Waals surface area contributed by atoms with Gasteiger partial charge in [-0.05, 0) is 37.5 Å². The fourth-order valence-electron chi connectivity index (χ4n) is 3.74. The first-order valence-corrected chi connectivity index (χ1v) is 8.64. The van der Waals surface area contributed by atoms with Crippen LogP contribution in [0, 0.1) is 12.7 Å². The number of H-pyrrole nitrogens is 1. The van der Waals surface area contributed by atoms with Crippen LogP contribution >= 0.6 is 0 Å². The van der Waals surface area contributed by atoms with E-state index in [1.54, 1.807) is 6.07 Å². The molecule has 0 radical (unpaired) electrons. The van der Waals surface area contributed by atoms with Crippen molar-refractivity contribution in [2.75, 3.05) is 19.7 Å². The molecule has 4 rings (SSSR count). The highest BCUT2D eigenvalue weighted by Crippen LogP contribution is 2.45. The van der Waals surface area contributed by atoms with Crippen molar-refractivity contribution in [3.05, 3.63) is 47.3 Å². The minimum atomic E-state index is -0.598. The Hall–Kier alpha value is -2.28. The Balaban J connectivity index is 1.56. The van der Waals surface area contributed by atoms with Gasteiger partial charge < -0.3 is 9.64 Å². The van der Waals surface area contributed by atoms with Crippen LogP contribution in [0.4, 0.5) is 4.39 Å². The topological polar surface area (TPSA) is 71.1 Å². The van der Waals surface area contributed by atoms with E-state index in [1.165, 1.54) is 12.1 Å². The summed E-state index contributed by atoms with van der Waals surface area (Å²) in [5.74, 6) is 1.05. The molecule has 1 atom stereocenters. The van der Waals surface area contributed by atoms with Gasteiger partial charge in [-0.25, -0.2) is 9.37 Å². The third-order valence-electron chi connectivity index (χ3n) is 5.25. The number of aromatic nitrogens is 3. The number of hydrogen-bond donors (Lipinski definition) is 1. The molecule has 25 heavy (non-hydrogen) atoms. The number of nitrogens with one attached hydrogen (secondary N) is 1. The molecule has 1 saturated carbocycles. The Bertz CT molecular complexity index is 787. The lowest BCUT2D eigenvalue weighted by Crippen LogP contribution is -2.54. The van der Waals surface area contributed by atoms with Gasteiger partial charge in [-0.15, -0.1) is 0 Å². The number of halogens is 1. The predicted molar refractivity (Wildman–Crippen MR) is 88.3 cm³/mol. The van der Waals surface area contributed by atoms with Gasteiger partial charge in [0.05, 0.1) is 18.6 Å². The maximum absolute atomic E-state index is 13.7. The fourth-order valence-corrected chi connectivity index (χ4v) is 3.74. The van der Waals surface area contributed by atoms with Gasteiger partial charge in [0.1, 0.15) is 17.7 Å². The van der Waals surface area contributed by atoms with Crippen LogP contribution in [0.2, 0.25) is 0 Å². The molecular formula is C18H21FN4O2. The summed E-state index contributed by atoms with van der Waals surface area (Å²) in [5, 5.41) is 6.96. The molecule has 1 aromatic carbocycles. The van der Waals surface area contributed by atoms with Crippen LogP contribution in [0.5, 0.6) is 0 Å². The van der Waals surface area contributed by atoms with Crippen LogP contribution in [0.15, 0.2) is 24.3 Å². The van der Waals surface area contributed by atoms with E-state index >= 15 is 0 Å². The highest BCUT2D eigenvalue weighted by atomic mass is 19.1. The second-order valence-corrected chi connectivity index (χ2v) is 6.84. The highest BCUT2D eigenvalue weighted by molar-refractivity contribution is 5.89. The fraction of sp³-hybridized carbons (Fsp3) is 0.500. The van der Waals surface area contributed by atoms with Gasteiger partial charge in [0.2, 0.25) is 5.91 Å². The molecule has 2 fully saturated rings. The Morgan fingerprint density at radius 1 is 1.44 bits per heavy atom. The lowest BCUT2D eigenvalue weighted by atomic mass is 9.63. The van der Waals surface area contributed by atoms with Crippen molar-refractivity contribution in [2.24, 2.45) is 0 Å². The Kier molecular flexibility index (Phi) is 4.03. The van der Waals surface area contributed by atoms with Crippen molar-refractivity contribution in [3.8, 4) is 0 Å². The van der Waals surface area contributed by atoms with Crippen molar-refractivity contribution < 1.29 is 13.9 Å². The number of carbonyl (C=O) groups is 1. The predicted octanol–water partition coefficient (Wildman–Crippen LogP) is 2.27. The number of aromatic amines is 1. The zero-order valence-corrected chi connectivity index (χ0v) is 14.2. The summed E-state index contributed by atoms with van der Waals surface area (Å²) in [6.45, 7) is 3.24. The van der Waals surface area contributed by atoms with E-state index in [9.17, 15) is 9.18 Å². The SMILES string of the molecule is Cc1nc(C2CN(C(=O)C3(c4cccc(F)c4)CCC3)CCO2)n[nH]1. The lowest BCUT2D eigenvalue weighted by molar-refractivity contribution is -0.149. The summed E-state index contributed by atoms with van der Waals surface area (Å²) >= 11 is 0. The first-order chi connectivity index (χ1) is 12.1. The number of carbonyl (C=O) groups excluding carboxylic acids is 1. The quantitative estimate of drug-likeness (QED) is 0.927. The number of rotatable bonds is 3. The molecule has 2 heterocycles. The van der Waals surface area contributed by atoms with Crippen molar-refractivity contribution in [1.82, 2.24) is 20.1 Å². The number of ether oxygens (including phenoxy) is 1. The number of hydrogen-bond acceptors (Lipinski definition) is 4. The van der Waals surface area contributed by atoms with E-state index in [2.05, 4.69) is 15.2 Å². The van der Waals surface area contributed by atoms with Crippen LogP contribution in [0.25, 0.3) is 0 Å². The van der Waals surface area contributed by atoms with Crippen molar-refractivity contribution in [2.45, 2.75) is 37.7 Å². The average molecular weight is 344 g/mol. The maximum atomic E-state index is 13.7. The second-order valence-electron chi connectivity index (χ2n) is 6.84. The van der Waals surface area contributed by atoms with Gasteiger partial charge in [-0.3, -0.25) is 9.89 Å². The third kappa shape index (κ3) is 2.82. The molecule has 132 valence electrons. The summed E-state index contributed by atoms with van der Waals surface area (Å²) in [7, 11) is 0. The van der Waals surface area contributed by atoms with Crippen LogP contribution in [0.3, 0.4) is 0 Å². The molecule has 1 aliphatic carbocycles. The zero-order valence-electron chi connectivity index (χ0n) is 14.2. The van der Waals surface area contributed by atoms with E-state index in [4.69, 9.17) is 4.74 Å². The molecule has 1 N–H and O–H groups in total. The molecule has 0 bridgehead atoms. The summed E-state index contributed by atoms with van der Waals surface area (Å²) in [4.78, 5) is 19.4. The van der Waals surface area contributed by atoms with Gasteiger partial charge in [-0.2, -0.15) is 5.10 Å². The summed E-state index contributed by atoms with van der Waals surface area (Å²) < 4.78 is 19.4. The van der Waals surface area contributed by atoms with Crippen LogP contribution in [-0.2, 0) is 14.9 Å².